The van der Waals surface area contributed by atoms with Crippen LogP contribution in [0.2, 0.25) is 5.02 Å². The molecule has 11 heteroatoms. The number of benzene rings is 1. The molecule has 3 saturated heterocycles. The fourth-order valence-corrected chi connectivity index (χ4v) is 4.85. The molecule has 0 radical (unpaired) electrons. The zero-order valence-electron chi connectivity index (χ0n) is 15.2. The molecule has 0 N–H and O–H groups in total. The number of hydrogen-bond acceptors (Lipinski definition) is 4. The van der Waals surface area contributed by atoms with Gasteiger partial charge in [0.15, 0.2) is 0 Å². The number of likely N-dealkylation sites (tertiary alicyclic amines) is 1. The predicted molar refractivity (Wildman–Crippen MR) is 93.9 cm³/mol. The predicted octanol–water partition coefficient (Wildman–Crippen LogP) is 2.45. The Balaban J connectivity index is 1.73. The first kappa shape index (κ1) is 19.5. The van der Waals surface area contributed by atoms with Crippen LogP contribution >= 0.6 is 11.6 Å². The van der Waals surface area contributed by atoms with Crippen molar-refractivity contribution in [1.29, 1.82) is 5.26 Å². The summed E-state index contributed by atoms with van der Waals surface area (Å²) in [6.45, 7) is 2.89. The zero-order valence-corrected chi connectivity index (χ0v) is 16.0. The van der Waals surface area contributed by atoms with Crippen LogP contribution < -0.4 is 4.90 Å². The maximum atomic E-state index is 13.1. The smallest absolute Gasteiger partial charge is 0.327 e. The Hall–Kier alpha value is -2.80. The van der Waals surface area contributed by atoms with Crippen molar-refractivity contribution in [2.45, 2.75) is 38.1 Å². The third-order valence-electron chi connectivity index (χ3n) is 5.98. The molecule has 2 bridgehead atoms. The lowest BCUT2D eigenvalue weighted by Crippen LogP contribution is -2.57. The van der Waals surface area contributed by atoms with Crippen LogP contribution in [0, 0.1) is 24.2 Å². The van der Waals surface area contributed by atoms with Gasteiger partial charge in [-0.3, -0.25) is 9.59 Å². The summed E-state index contributed by atoms with van der Waals surface area (Å²) in [5.74, 6) is -3.18. The number of carbonyl (C=O) groups is 3. The molecular weight excluding hydrogens is 413 g/mol. The van der Waals surface area contributed by atoms with E-state index in [0.29, 0.717) is 10.5 Å². The molecule has 7 nitrogen and oxygen atoms in total. The van der Waals surface area contributed by atoms with Crippen molar-refractivity contribution in [3.8, 4) is 6.07 Å². The average Bonchev–Trinajstić information content (AvgIpc) is 3.22. The molecule has 0 spiro atoms. The van der Waals surface area contributed by atoms with Gasteiger partial charge in [0.1, 0.15) is 12.1 Å². The monoisotopic (exact) mass is 426 g/mol. The van der Waals surface area contributed by atoms with Crippen molar-refractivity contribution >= 4 is 35.1 Å². The van der Waals surface area contributed by atoms with Gasteiger partial charge in [0, 0.05) is 12.5 Å². The van der Waals surface area contributed by atoms with Crippen molar-refractivity contribution in [3.63, 3.8) is 0 Å². The SMILES string of the molecule is Cc1c(N2C(=O)C3C4[C@@H](C)C(CN4C(=O)C(F)(F)F)N3C2=O)ccc(C#N)c1Cl. The number of hydrogen-bond donors (Lipinski definition) is 0. The number of fused-ring (bicyclic) bond motifs is 5. The number of alkyl halides is 3. The molecule has 4 atom stereocenters. The number of amides is 4. The Morgan fingerprint density at radius 1 is 1.31 bits per heavy atom. The number of anilines is 1. The molecule has 29 heavy (non-hydrogen) atoms. The molecule has 3 fully saturated rings. The molecule has 3 aliphatic heterocycles. The van der Waals surface area contributed by atoms with Crippen LogP contribution in [0.25, 0.3) is 0 Å². The number of carbonyl (C=O) groups excluding carboxylic acids is 3. The number of nitrogens with zero attached hydrogens (tertiary/aromatic N) is 4. The second-order valence-corrected chi connectivity index (χ2v) is 7.74. The Morgan fingerprint density at radius 3 is 2.55 bits per heavy atom. The van der Waals surface area contributed by atoms with Crippen LogP contribution in [0.1, 0.15) is 18.1 Å². The molecule has 0 aromatic heterocycles. The minimum atomic E-state index is -5.06. The molecule has 1 aromatic carbocycles. The molecule has 3 heterocycles. The highest BCUT2D eigenvalue weighted by Crippen LogP contribution is 2.47. The van der Waals surface area contributed by atoms with E-state index in [1.807, 2.05) is 6.07 Å². The van der Waals surface area contributed by atoms with E-state index in [4.69, 9.17) is 16.9 Å². The van der Waals surface area contributed by atoms with E-state index in [1.165, 1.54) is 17.0 Å². The van der Waals surface area contributed by atoms with Crippen molar-refractivity contribution in [1.82, 2.24) is 9.80 Å². The van der Waals surface area contributed by atoms with E-state index in [1.54, 1.807) is 13.8 Å². The second kappa shape index (κ2) is 6.10. The van der Waals surface area contributed by atoms with Crippen molar-refractivity contribution in [2.75, 3.05) is 11.4 Å². The van der Waals surface area contributed by atoms with Gasteiger partial charge in [-0.05, 0) is 24.6 Å². The van der Waals surface area contributed by atoms with Crippen LogP contribution in [0.15, 0.2) is 12.1 Å². The van der Waals surface area contributed by atoms with Crippen molar-refractivity contribution < 1.29 is 27.6 Å². The highest BCUT2D eigenvalue weighted by Gasteiger charge is 2.67. The molecule has 3 aliphatic rings. The molecule has 152 valence electrons. The molecule has 4 amide bonds. The van der Waals surface area contributed by atoms with E-state index in [0.717, 1.165) is 4.90 Å². The molecule has 0 saturated carbocycles. The van der Waals surface area contributed by atoms with Gasteiger partial charge in [0.2, 0.25) is 0 Å². The molecular formula is C18H14ClF3N4O3. The Bertz CT molecular complexity index is 1010. The fraction of sp³-hybridized carbons (Fsp3) is 0.444. The molecule has 3 unspecified atom stereocenters. The number of rotatable bonds is 1. The standard InChI is InChI=1S/C18H14ClF3N4O3/c1-7-10(4-3-9(5-23)12(7)19)26-15(27)14-13-8(2)11(25(14)17(26)29)6-24(13)16(28)18(20,21)22/h3-4,8,11,13-14H,6H2,1-2H3/t8-,11?,13?,14?/m0/s1. The first-order valence-electron chi connectivity index (χ1n) is 8.74. The summed E-state index contributed by atoms with van der Waals surface area (Å²) in [7, 11) is 0. The maximum Gasteiger partial charge on any atom is 0.471 e. The van der Waals surface area contributed by atoms with Crippen LogP contribution in [0.3, 0.4) is 0 Å². The second-order valence-electron chi connectivity index (χ2n) is 7.36. The average molecular weight is 427 g/mol. The van der Waals surface area contributed by atoms with Gasteiger partial charge in [0.05, 0.1) is 28.4 Å². The molecule has 4 rings (SSSR count). The van der Waals surface area contributed by atoms with Gasteiger partial charge in [-0.1, -0.05) is 18.5 Å². The third-order valence-corrected chi connectivity index (χ3v) is 6.46. The highest BCUT2D eigenvalue weighted by atomic mass is 35.5. The van der Waals surface area contributed by atoms with E-state index in [-0.39, 0.29) is 22.8 Å². The van der Waals surface area contributed by atoms with Crippen molar-refractivity contribution in [2.24, 2.45) is 5.92 Å². The lowest BCUT2D eigenvalue weighted by molar-refractivity contribution is -0.188. The summed E-state index contributed by atoms with van der Waals surface area (Å²) in [6.07, 6.45) is -5.06. The van der Waals surface area contributed by atoms with Crippen molar-refractivity contribution in [3.05, 3.63) is 28.3 Å². The van der Waals surface area contributed by atoms with Gasteiger partial charge in [0.25, 0.3) is 5.91 Å². The Labute approximate surface area is 168 Å². The largest absolute Gasteiger partial charge is 0.471 e. The first-order chi connectivity index (χ1) is 13.5. The van der Waals surface area contributed by atoms with E-state index >= 15 is 0 Å². The zero-order chi connectivity index (χ0) is 21.4. The quantitative estimate of drug-likeness (QED) is 0.646. The summed E-state index contributed by atoms with van der Waals surface area (Å²) in [5, 5.41) is 9.15. The third kappa shape index (κ3) is 2.46. The number of halogens is 4. The summed E-state index contributed by atoms with van der Waals surface area (Å²) in [4.78, 5) is 40.8. The summed E-state index contributed by atoms with van der Waals surface area (Å²) in [5.41, 5.74) is 0.666. The number of imide groups is 1. The fourth-order valence-electron chi connectivity index (χ4n) is 4.65. The van der Waals surface area contributed by atoms with E-state index < -0.39 is 48.1 Å². The number of urea groups is 1. The topological polar surface area (TPSA) is 84.7 Å². The lowest BCUT2D eigenvalue weighted by Gasteiger charge is -2.35. The van der Waals surface area contributed by atoms with Crippen LogP contribution in [0.4, 0.5) is 23.7 Å². The lowest BCUT2D eigenvalue weighted by atomic mass is 9.99. The van der Waals surface area contributed by atoms with E-state index in [9.17, 15) is 27.6 Å². The Kier molecular flexibility index (Phi) is 4.10. The Morgan fingerprint density at radius 2 is 1.97 bits per heavy atom. The number of piperazine rings is 1. The number of nitriles is 1. The first-order valence-corrected chi connectivity index (χ1v) is 9.11. The van der Waals surface area contributed by atoms with E-state index in [2.05, 4.69) is 0 Å². The van der Waals surface area contributed by atoms with Crippen LogP contribution in [-0.2, 0) is 9.59 Å². The van der Waals surface area contributed by atoms with Crippen LogP contribution in [0.5, 0.6) is 0 Å². The minimum Gasteiger partial charge on any atom is -0.327 e. The summed E-state index contributed by atoms with van der Waals surface area (Å²) < 4.78 is 38.9. The van der Waals surface area contributed by atoms with Gasteiger partial charge in [-0.15, -0.1) is 0 Å². The van der Waals surface area contributed by atoms with Gasteiger partial charge < -0.3 is 9.80 Å². The molecule has 0 aliphatic carbocycles. The van der Waals surface area contributed by atoms with Crippen LogP contribution in [-0.4, -0.2) is 58.5 Å². The normalized spacial score (nSPS) is 28.2. The summed E-state index contributed by atoms with van der Waals surface area (Å²) >= 11 is 6.14. The van der Waals surface area contributed by atoms with Gasteiger partial charge in [-0.25, -0.2) is 9.69 Å². The maximum absolute atomic E-state index is 13.1. The van der Waals surface area contributed by atoms with Gasteiger partial charge in [-0.2, -0.15) is 18.4 Å². The van der Waals surface area contributed by atoms with Gasteiger partial charge >= 0.3 is 18.1 Å². The highest BCUT2D eigenvalue weighted by molar-refractivity contribution is 6.33. The summed E-state index contributed by atoms with van der Waals surface area (Å²) in [6, 6.07) is 1.08. The minimum absolute atomic E-state index is 0.0860. The molecule has 1 aromatic rings.